The molecule has 8 nitrogen and oxygen atoms in total. The number of rotatable bonds is 5. The number of carbonyl (C=O) groups is 1. The van der Waals surface area contributed by atoms with E-state index < -0.39 is 0 Å². The average molecular weight is 379 g/mol. The van der Waals surface area contributed by atoms with Crippen molar-refractivity contribution >= 4 is 22.6 Å². The van der Waals surface area contributed by atoms with Gasteiger partial charge in [0.15, 0.2) is 0 Å². The zero-order valence-electron chi connectivity index (χ0n) is 15.6. The third-order valence-corrected chi connectivity index (χ3v) is 4.59. The number of ether oxygens (including phenoxy) is 2. The van der Waals surface area contributed by atoms with E-state index in [2.05, 4.69) is 25.2 Å². The van der Waals surface area contributed by atoms with Crippen molar-refractivity contribution in [3.63, 3.8) is 0 Å². The molecule has 3 aromatic rings. The van der Waals surface area contributed by atoms with Gasteiger partial charge in [0.2, 0.25) is 5.91 Å². The number of fused-ring (bicyclic) bond motifs is 1. The molecule has 3 aromatic heterocycles. The Morgan fingerprint density at radius 3 is 2.75 bits per heavy atom. The van der Waals surface area contributed by atoms with Crippen molar-refractivity contribution in [3.05, 3.63) is 43.0 Å². The van der Waals surface area contributed by atoms with Crippen LogP contribution >= 0.6 is 0 Å². The van der Waals surface area contributed by atoms with Crippen LogP contribution in [0.15, 0.2) is 43.0 Å². The van der Waals surface area contributed by atoms with Crippen LogP contribution in [0.4, 0.5) is 5.82 Å². The number of amides is 1. The second-order valence-corrected chi connectivity index (χ2v) is 6.54. The lowest BCUT2D eigenvalue weighted by molar-refractivity contribution is -0.118. The summed E-state index contributed by atoms with van der Waals surface area (Å²) in [6.45, 7) is 3.18. The zero-order chi connectivity index (χ0) is 19.3. The lowest BCUT2D eigenvalue weighted by Crippen LogP contribution is -2.41. The molecule has 0 bridgehead atoms. The summed E-state index contributed by atoms with van der Waals surface area (Å²) in [5.74, 6) is 1.10. The Bertz CT molecular complexity index is 988. The van der Waals surface area contributed by atoms with E-state index in [0.29, 0.717) is 31.3 Å². The molecule has 144 valence electrons. The van der Waals surface area contributed by atoms with Crippen LogP contribution in [-0.4, -0.2) is 65.7 Å². The minimum absolute atomic E-state index is 0.0881. The second-order valence-electron chi connectivity index (χ2n) is 6.54. The minimum Gasteiger partial charge on any atom is -0.495 e. The topological polar surface area (TPSA) is 89.5 Å². The molecule has 1 N–H and O–H groups in total. The van der Waals surface area contributed by atoms with Gasteiger partial charge in [-0.15, -0.1) is 0 Å². The summed E-state index contributed by atoms with van der Waals surface area (Å²) in [7, 11) is 1.61. The Morgan fingerprint density at radius 2 is 1.93 bits per heavy atom. The highest BCUT2D eigenvalue weighted by molar-refractivity contribution is 5.93. The first kappa shape index (κ1) is 18.3. The van der Waals surface area contributed by atoms with Crippen LogP contribution in [0.25, 0.3) is 22.0 Å². The van der Waals surface area contributed by atoms with Gasteiger partial charge in [-0.1, -0.05) is 0 Å². The third-order valence-electron chi connectivity index (χ3n) is 4.59. The molecule has 0 radical (unpaired) electrons. The molecule has 0 aliphatic carbocycles. The number of morpholine rings is 1. The molecule has 8 heteroatoms. The zero-order valence-corrected chi connectivity index (χ0v) is 15.6. The van der Waals surface area contributed by atoms with E-state index in [1.54, 1.807) is 31.9 Å². The molecule has 0 spiro atoms. The maximum atomic E-state index is 12.3. The van der Waals surface area contributed by atoms with Gasteiger partial charge >= 0.3 is 0 Å². The van der Waals surface area contributed by atoms with Gasteiger partial charge in [0.25, 0.3) is 0 Å². The highest BCUT2D eigenvalue weighted by atomic mass is 16.5. The predicted octanol–water partition coefficient (Wildman–Crippen LogP) is 1.97. The first-order valence-corrected chi connectivity index (χ1v) is 9.06. The molecule has 0 aromatic carbocycles. The second kappa shape index (κ2) is 8.28. The Hall–Kier alpha value is -3.10. The Balaban J connectivity index is 1.53. The van der Waals surface area contributed by atoms with E-state index in [0.717, 1.165) is 35.1 Å². The van der Waals surface area contributed by atoms with Crippen molar-refractivity contribution in [3.8, 4) is 16.9 Å². The summed E-state index contributed by atoms with van der Waals surface area (Å²) >= 11 is 0. The molecule has 1 aliphatic rings. The van der Waals surface area contributed by atoms with Gasteiger partial charge in [0.05, 0.1) is 44.8 Å². The fraction of sp³-hybridized carbons (Fsp3) is 0.300. The van der Waals surface area contributed by atoms with Crippen LogP contribution in [0.5, 0.6) is 5.75 Å². The number of carbonyl (C=O) groups excluding carboxylic acids is 1. The number of hydrogen-bond acceptors (Lipinski definition) is 7. The number of pyridine rings is 3. The summed E-state index contributed by atoms with van der Waals surface area (Å²) in [6, 6.07) is 5.73. The number of nitrogens with zero attached hydrogens (tertiary/aromatic N) is 4. The van der Waals surface area contributed by atoms with Gasteiger partial charge in [0, 0.05) is 42.0 Å². The van der Waals surface area contributed by atoms with Crippen LogP contribution in [0.2, 0.25) is 0 Å². The predicted molar refractivity (Wildman–Crippen MR) is 105 cm³/mol. The van der Waals surface area contributed by atoms with E-state index in [9.17, 15) is 4.79 Å². The van der Waals surface area contributed by atoms with E-state index in [1.807, 2.05) is 18.2 Å². The molecule has 1 aliphatic heterocycles. The van der Waals surface area contributed by atoms with Gasteiger partial charge in [-0.3, -0.25) is 19.7 Å². The highest BCUT2D eigenvalue weighted by Gasteiger charge is 2.14. The Kier molecular flexibility index (Phi) is 5.41. The molecule has 0 unspecified atom stereocenters. The largest absolute Gasteiger partial charge is 0.495 e. The average Bonchev–Trinajstić information content (AvgIpc) is 2.74. The van der Waals surface area contributed by atoms with Gasteiger partial charge in [0.1, 0.15) is 11.6 Å². The quantitative estimate of drug-likeness (QED) is 0.725. The van der Waals surface area contributed by atoms with E-state index in [4.69, 9.17) is 9.47 Å². The summed E-state index contributed by atoms with van der Waals surface area (Å²) < 4.78 is 10.5. The fourth-order valence-electron chi connectivity index (χ4n) is 3.09. The fourth-order valence-corrected chi connectivity index (χ4v) is 3.09. The van der Waals surface area contributed by atoms with Crippen LogP contribution in [0.3, 0.4) is 0 Å². The number of methoxy groups -OCH3 is 1. The number of anilines is 1. The van der Waals surface area contributed by atoms with Crippen LogP contribution < -0.4 is 10.1 Å². The Labute approximate surface area is 162 Å². The third kappa shape index (κ3) is 4.24. The van der Waals surface area contributed by atoms with Crippen molar-refractivity contribution in [2.75, 3.05) is 45.3 Å². The molecule has 4 heterocycles. The van der Waals surface area contributed by atoms with Crippen molar-refractivity contribution in [2.24, 2.45) is 0 Å². The number of aromatic nitrogens is 3. The van der Waals surface area contributed by atoms with Crippen LogP contribution in [-0.2, 0) is 9.53 Å². The number of hydrogen-bond donors (Lipinski definition) is 1. The van der Waals surface area contributed by atoms with Gasteiger partial charge in [-0.25, -0.2) is 4.98 Å². The minimum atomic E-state index is -0.0881. The molecule has 1 amide bonds. The molecule has 0 saturated carbocycles. The van der Waals surface area contributed by atoms with Gasteiger partial charge < -0.3 is 14.8 Å². The van der Waals surface area contributed by atoms with Crippen molar-refractivity contribution in [1.82, 2.24) is 19.9 Å². The maximum Gasteiger partial charge on any atom is 0.239 e. The molecule has 1 saturated heterocycles. The van der Waals surface area contributed by atoms with Gasteiger partial charge in [-0.05, 0) is 18.2 Å². The molecule has 0 atom stereocenters. The maximum absolute atomic E-state index is 12.3. The van der Waals surface area contributed by atoms with E-state index >= 15 is 0 Å². The van der Waals surface area contributed by atoms with Crippen molar-refractivity contribution in [2.45, 2.75) is 0 Å². The first-order valence-electron chi connectivity index (χ1n) is 9.06. The molecular weight excluding hydrogens is 358 g/mol. The lowest BCUT2D eigenvalue weighted by Gasteiger charge is -2.25. The summed E-state index contributed by atoms with van der Waals surface area (Å²) in [6.07, 6.45) is 6.85. The van der Waals surface area contributed by atoms with E-state index in [-0.39, 0.29) is 5.91 Å². The molecular formula is C20H21N5O3. The highest BCUT2D eigenvalue weighted by Crippen LogP contribution is 2.25. The van der Waals surface area contributed by atoms with Crippen LogP contribution in [0.1, 0.15) is 0 Å². The van der Waals surface area contributed by atoms with Gasteiger partial charge in [-0.2, -0.15) is 0 Å². The smallest absolute Gasteiger partial charge is 0.239 e. The normalized spacial score (nSPS) is 14.8. The molecule has 4 rings (SSSR count). The SMILES string of the molecule is COc1cncc(-c2cnc3cnc(NC(=O)CN4CCOCC4)cc3c2)c1. The monoisotopic (exact) mass is 379 g/mol. The lowest BCUT2D eigenvalue weighted by atomic mass is 10.1. The standard InChI is InChI=1S/C20H21N5O3/c1-27-17-7-16(9-21-11-17)15-6-14-8-19(23-12-18(14)22-10-15)24-20(26)13-25-2-4-28-5-3-25/h6-12H,2-5,13H2,1H3,(H,23,24,26). The summed E-state index contributed by atoms with van der Waals surface area (Å²) in [5, 5.41) is 3.75. The Morgan fingerprint density at radius 1 is 1.11 bits per heavy atom. The van der Waals surface area contributed by atoms with Crippen molar-refractivity contribution < 1.29 is 14.3 Å². The summed E-state index contributed by atoms with van der Waals surface area (Å²) in [5.41, 5.74) is 2.57. The molecule has 1 fully saturated rings. The van der Waals surface area contributed by atoms with Crippen LogP contribution in [0, 0.1) is 0 Å². The number of nitrogens with one attached hydrogen (secondary N) is 1. The van der Waals surface area contributed by atoms with E-state index in [1.165, 1.54) is 0 Å². The first-order chi connectivity index (χ1) is 13.7. The summed E-state index contributed by atoms with van der Waals surface area (Å²) in [4.78, 5) is 27.3. The molecule has 28 heavy (non-hydrogen) atoms. The van der Waals surface area contributed by atoms with Crippen molar-refractivity contribution in [1.29, 1.82) is 0 Å².